The number of nitrogens with zero attached hydrogens (tertiary/aromatic N) is 1. The van der Waals surface area contributed by atoms with Gasteiger partial charge in [0.05, 0.1) is 6.54 Å². The van der Waals surface area contributed by atoms with Crippen molar-refractivity contribution >= 4 is 11.6 Å². The number of benzene rings is 2. The first-order valence-corrected chi connectivity index (χ1v) is 10.3. The van der Waals surface area contributed by atoms with Crippen molar-refractivity contribution in [1.82, 2.24) is 4.90 Å². The number of carbonyl (C=O) groups excluding carboxylic acids is 1. The molecule has 5 nitrogen and oxygen atoms in total. The summed E-state index contributed by atoms with van der Waals surface area (Å²) in [5.41, 5.74) is 3.48. The SMILES string of the molecule is O=C(CN1CCc2ccccc2C1)Nc1ccc2c(c1)OC1(CCCCC1)O2. The summed E-state index contributed by atoms with van der Waals surface area (Å²) < 4.78 is 12.3. The van der Waals surface area contributed by atoms with Crippen molar-refractivity contribution in [3.8, 4) is 11.5 Å². The van der Waals surface area contributed by atoms with Crippen LogP contribution in [-0.4, -0.2) is 29.7 Å². The Labute approximate surface area is 165 Å². The predicted molar refractivity (Wildman–Crippen MR) is 108 cm³/mol. The lowest BCUT2D eigenvalue weighted by Gasteiger charge is -2.31. The Morgan fingerprint density at radius 3 is 2.64 bits per heavy atom. The molecule has 5 heteroatoms. The average molecular weight is 378 g/mol. The molecule has 0 aromatic heterocycles. The molecule has 0 bridgehead atoms. The molecule has 1 spiro atoms. The number of hydrogen-bond donors (Lipinski definition) is 1. The monoisotopic (exact) mass is 378 g/mol. The van der Waals surface area contributed by atoms with Gasteiger partial charge < -0.3 is 14.8 Å². The van der Waals surface area contributed by atoms with E-state index in [0.717, 1.165) is 62.4 Å². The van der Waals surface area contributed by atoms with Gasteiger partial charge in [-0.25, -0.2) is 0 Å². The topological polar surface area (TPSA) is 50.8 Å². The summed E-state index contributed by atoms with van der Waals surface area (Å²) in [7, 11) is 0. The number of ether oxygens (including phenoxy) is 2. The molecule has 2 aromatic carbocycles. The van der Waals surface area contributed by atoms with Gasteiger partial charge in [0, 0.05) is 37.7 Å². The number of anilines is 1. The molecule has 3 aliphatic rings. The van der Waals surface area contributed by atoms with Crippen LogP contribution in [0.25, 0.3) is 0 Å². The fourth-order valence-electron chi connectivity index (χ4n) is 4.56. The van der Waals surface area contributed by atoms with E-state index < -0.39 is 5.79 Å². The third kappa shape index (κ3) is 3.47. The summed E-state index contributed by atoms with van der Waals surface area (Å²) in [4.78, 5) is 14.8. The lowest BCUT2D eigenvalue weighted by atomic mass is 9.94. The van der Waals surface area contributed by atoms with Crippen LogP contribution in [0.15, 0.2) is 42.5 Å². The molecule has 0 saturated heterocycles. The van der Waals surface area contributed by atoms with Crippen LogP contribution in [-0.2, 0) is 17.8 Å². The maximum absolute atomic E-state index is 12.6. The summed E-state index contributed by atoms with van der Waals surface area (Å²) in [6, 6.07) is 14.2. The van der Waals surface area contributed by atoms with Crippen LogP contribution in [0.4, 0.5) is 5.69 Å². The first-order chi connectivity index (χ1) is 13.7. The van der Waals surface area contributed by atoms with E-state index in [0.29, 0.717) is 6.54 Å². The zero-order chi connectivity index (χ0) is 19.0. The normalized spacial score (nSPS) is 20.0. The van der Waals surface area contributed by atoms with E-state index in [9.17, 15) is 4.79 Å². The van der Waals surface area contributed by atoms with E-state index in [2.05, 4.69) is 34.5 Å². The number of hydrogen-bond acceptors (Lipinski definition) is 4. The summed E-state index contributed by atoms with van der Waals surface area (Å²) in [6.07, 6.45) is 6.37. The molecule has 1 N–H and O–H groups in total. The third-order valence-corrected chi connectivity index (χ3v) is 6.01. The van der Waals surface area contributed by atoms with E-state index in [1.807, 2.05) is 18.2 Å². The molecular weight excluding hydrogens is 352 g/mol. The largest absolute Gasteiger partial charge is 0.448 e. The zero-order valence-electron chi connectivity index (χ0n) is 16.1. The Kier molecular flexibility index (Phi) is 4.47. The van der Waals surface area contributed by atoms with Crippen LogP contribution >= 0.6 is 0 Å². The highest BCUT2D eigenvalue weighted by atomic mass is 16.7. The van der Waals surface area contributed by atoms with E-state index in [4.69, 9.17) is 9.47 Å². The minimum Gasteiger partial charge on any atom is -0.448 e. The van der Waals surface area contributed by atoms with Crippen molar-refractivity contribution in [1.29, 1.82) is 0 Å². The van der Waals surface area contributed by atoms with Gasteiger partial charge in [-0.05, 0) is 42.5 Å². The summed E-state index contributed by atoms with van der Waals surface area (Å²) in [6.45, 7) is 2.13. The molecule has 0 unspecified atom stereocenters. The third-order valence-electron chi connectivity index (χ3n) is 6.01. The van der Waals surface area contributed by atoms with E-state index in [-0.39, 0.29) is 5.91 Å². The van der Waals surface area contributed by atoms with Crippen LogP contribution < -0.4 is 14.8 Å². The Morgan fingerprint density at radius 1 is 1.00 bits per heavy atom. The van der Waals surface area contributed by atoms with Gasteiger partial charge in [0.25, 0.3) is 5.79 Å². The molecule has 1 fully saturated rings. The highest BCUT2D eigenvalue weighted by Gasteiger charge is 2.42. The second-order valence-corrected chi connectivity index (χ2v) is 8.11. The van der Waals surface area contributed by atoms with E-state index in [1.54, 1.807) is 0 Å². The first kappa shape index (κ1) is 17.6. The number of amides is 1. The van der Waals surface area contributed by atoms with E-state index in [1.165, 1.54) is 17.5 Å². The Balaban J connectivity index is 1.21. The van der Waals surface area contributed by atoms with Gasteiger partial charge in [-0.2, -0.15) is 0 Å². The minimum absolute atomic E-state index is 0.00521. The van der Waals surface area contributed by atoms with Crippen LogP contribution in [0.3, 0.4) is 0 Å². The van der Waals surface area contributed by atoms with Gasteiger partial charge >= 0.3 is 0 Å². The highest BCUT2D eigenvalue weighted by molar-refractivity contribution is 5.92. The summed E-state index contributed by atoms with van der Waals surface area (Å²) in [5.74, 6) is 1.05. The Bertz CT molecular complexity index is 889. The van der Waals surface area contributed by atoms with Crippen molar-refractivity contribution in [2.45, 2.75) is 50.9 Å². The van der Waals surface area contributed by atoms with Crippen LogP contribution in [0.1, 0.15) is 43.2 Å². The number of carbonyl (C=O) groups is 1. The molecule has 2 aromatic rings. The molecule has 2 heterocycles. The number of rotatable bonds is 3. The molecule has 5 rings (SSSR count). The molecule has 0 atom stereocenters. The van der Waals surface area contributed by atoms with Crippen molar-refractivity contribution in [3.63, 3.8) is 0 Å². The maximum Gasteiger partial charge on any atom is 0.251 e. The van der Waals surface area contributed by atoms with Crippen LogP contribution in [0.5, 0.6) is 11.5 Å². The standard InChI is InChI=1S/C23H26N2O3/c26-22(16-25-13-10-17-6-2-3-7-18(17)15-25)24-19-8-9-20-21(14-19)28-23(27-20)11-4-1-5-12-23/h2-3,6-9,14H,1,4-5,10-13,15-16H2,(H,24,26). The lowest BCUT2D eigenvalue weighted by molar-refractivity contribution is -0.117. The fraction of sp³-hybridized carbons (Fsp3) is 0.435. The molecule has 1 amide bonds. The van der Waals surface area contributed by atoms with Crippen molar-refractivity contribution in [3.05, 3.63) is 53.6 Å². The second kappa shape index (κ2) is 7.13. The quantitative estimate of drug-likeness (QED) is 0.873. The fourth-order valence-corrected chi connectivity index (χ4v) is 4.56. The van der Waals surface area contributed by atoms with Crippen molar-refractivity contribution < 1.29 is 14.3 Å². The van der Waals surface area contributed by atoms with Gasteiger partial charge in [0.15, 0.2) is 11.5 Å². The summed E-state index contributed by atoms with van der Waals surface area (Å²) in [5, 5.41) is 3.02. The van der Waals surface area contributed by atoms with Gasteiger partial charge in [0.1, 0.15) is 0 Å². The molecule has 1 saturated carbocycles. The number of fused-ring (bicyclic) bond motifs is 2. The highest BCUT2D eigenvalue weighted by Crippen LogP contribution is 2.46. The van der Waals surface area contributed by atoms with E-state index >= 15 is 0 Å². The molecule has 2 aliphatic heterocycles. The Hall–Kier alpha value is -2.53. The van der Waals surface area contributed by atoms with Crippen LogP contribution in [0.2, 0.25) is 0 Å². The molecule has 28 heavy (non-hydrogen) atoms. The first-order valence-electron chi connectivity index (χ1n) is 10.3. The van der Waals surface area contributed by atoms with Crippen molar-refractivity contribution in [2.24, 2.45) is 0 Å². The summed E-state index contributed by atoms with van der Waals surface area (Å²) >= 11 is 0. The molecule has 146 valence electrons. The van der Waals surface area contributed by atoms with Crippen molar-refractivity contribution in [2.75, 3.05) is 18.4 Å². The smallest absolute Gasteiger partial charge is 0.251 e. The Morgan fingerprint density at radius 2 is 1.79 bits per heavy atom. The van der Waals surface area contributed by atoms with Gasteiger partial charge in [-0.15, -0.1) is 0 Å². The lowest BCUT2D eigenvalue weighted by Crippen LogP contribution is -2.40. The minimum atomic E-state index is -0.482. The maximum atomic E-state index is 12.6. The molecule has 1 aliphatic carbocycles. The van der Waals surface area contributed by atoms with Gasteiger partial charge in [-0.1, -0.05) is 30.7 Å². The van der Waals surface area contributed by atoms with Gasteiger partial charge in [-0.3, -0.25) is 9.69 Å². The second-order valence-electron chi connectivity index (χ2n) is 8.11. The van der Waals surface area contributed by atoms with Gasteiger partial charge in [0.2, 0.25) is 5.91 Å². The zero-order valence-corrected chi connectivity index (χ0v) is 16.1. The predicted octanol–water partition coefficient (Wildman–Crippen LogP) is 4.12. The molecule has 0 radical (unpaired) electrons. The number of nitrogens with one attached hydrogen (secondary N) is 1. The average Bonchev–Trinajstić information content (AvgIpc) is 3.04. The van der Waals surface area contributed by atoms with Crippen LogP contribution in [0, 0.1) is 0 Å². The molecular formula is C23H26N2O3.